The van der Waals surface area contributed by atoms with E-state index >= 15 is 0 Å². The first-order valence-corrected chi connectivity index (χ1v) is 7.28. The van der Waals surface area contributed by atoms with Crippen LogP contribution in [0.5, 0.6) is 0 Å². The van der Waals surface area contributed by atoms with Crippen molar-refractivity contribution in [2.24, 2.45) is 5.92 Å². The lowest BCUT2D eigenvalue weighted by molar-refractivity contribution is -0.195. The van der Waals surface area contributed by atoms with E-state index in [0.717, 1.165) is 18.4 Å². The first-order chi connectivity index (χ1) is 9.13. The van der Waals surface area contributed by atoms with Gasteiger partial charge >= 0.3 is 5.97 Å². The molecule has 1 saturated heterocycles. The van der Waals surface area contributed by atoms with E-state index in [1.54, 1.807) is 0 Å². The van der Waals surface area contributed by atoms with Gasteiger partial charge in [-0.3, -0.25) is 0 Å². The van der Waals surface area contributed by atoms with E-state index in [4.69, 9.17) is 14.2 Å². The number of hydrogen-bond donors (Lipinski definition) is 0. The molecule has 2 aliphatic carbocycles. The average molecular weight is 266 g/mol. The molecule has 0 N–H and O–H groups in total. The highest BCUT2D eigenvalue weighted by Gasteiger charge is 2.51. The van der Waals surface area contributed by atoms with Crippen LogP contribution in [-0.2, 0) is 19.0 Å². The highest BCUT2D eigenvalue weighted by atomic mass is 16.8. The van der Waals surface area contributed by atoms with Crippen LogP contribution in [0, 0.1) is 5.92 Å². The molecule has 2 fully saturated rings. The zero-order valence-corrected chi connectivity index (χ0v) is 11.7. The number of esters is 1. The third-order valence-corrected chi connectivity index (χ3v) is 4.55. The smallest absolute Gasteiger partial charge is 0.333 e. The number of rotatable bonds is 1. The van der Waals surface area contributed by atoms with E-state index in [1.165, 1.54) is 26.4 Å². The molecule has 4 heteroatoms. The standard InChI is InChI=1S/C15H22O4/c1-10-8-11(14(16)17-2)9-12-13(10)19-15(18-12)6-4-3-5-7-15/h8,10,12-13H,3-7,9H2,1-2H3/t10-,12?,13?/m0/s1. The largest absolute Gasteiger partial charge is 0.466 e. The number of hydrogen-bond acceptors (Lipinski definition) is 4. The Bertz CT molecular complexity index is 395. The normalized spacial score (nSPS) is 36.7. The first-order valence-electron chi connectivity index (χ1n) is 7.28. The third-order valence-electron chi connectivity index (χ3n) is 4.55. The van der Waals surface area contributed by atoms with Crippen molar-refractivity contribution in [1.29, 1.82) is 0 Å². The molecule has 4 nitrogen and oxygen atoms in total. The van der Waals surface area contributed by atoms with Gasteiger partial charge in [0.05, 0.1) is 19.3 Å². The van der Waals surface area contributed by atoms with E-state index in [9.17, 15) is 4.79 Å². The molecular formula is C15H22O4. The van der Waals surface area contributed by atoms with E-state index < -0.39 is 0 Å². The highest BCUT2D eigenvalue weighted by molar-refractivity contribution is 5.88. The second-order valence-corrected chi connectivity index (χ2v) is 5.96. The van der Waals surface area contributed by atoms with Crippen molar-refractivity contribution in [1.82, 2.24) is 0 Å². The summed E-state index contributed by atoms with van der Waals surface area (Å²) < 4.78 is 17.3. The topological polar surface area (TPSA) is 44.8 Å². The summed E-state index contributed by atoms with van der Waals surface area (Å²) in [4.78, 5) is 11.7. The van der Waals surface area contributed by atoms with Gasteiger partial charge in [-0.15, -0.1) is 0 Å². The Kier molecular flexibility index (Phi) is 3.39. The molecule has 1 saturated carbocycles. The van der Waals surface area contributed by atoms with Gasteiger partial charge in [-0.05, 0) is 12.8 Å². The van der Waals surface area contributed by atoms with E-state index in [-0.39, 0.29) is 29.9 Å². The molecule has 106 valence electrons. The second-order valence-electron chi connectivity index (χ2n) is 5.96. The van der Waals surface area contributed by atoms with Gasteiger partial charge in [0.15, 0.2) is 5.79 Å². The molecule has 1 spiro atoms. The highest BCUT2D eigenvalue weighted by Crippen LogP contribution is 2.45. The molecule has 0 amide bonds. The first kappa shape index (κ1) is 13.1. The van der Waals surface area contributed by atoms with Crippen LogP contribution >= 0.6 is 0 Å². The van der Waals surface area contributed by atoms with Gasteiger partial charge in [0.1, 0.15) is 0 Å². The predicted molar refractivity (Wildman–Crippen MR) is 69.4 cm³/mol. The van der Waals surface area contributed by atoms with Crippen LogP contribution in [-0.4, -0.2) is 31.1 Å². The predicted octanol–water partition coefficient (Wildman–Crippen LogP) is 2.57. The molecule has 19 heavy (non-hydrogen) atoms. The zero-order valence-electron chi connectivity index (χ0n) is 11.7. The number of fused-ring (bicyclic) bond motifs is 1. The van der Waals surface area contributed by atoms with Crippen molar-refractivity contribution >= 4 is 5.97 Å². The van der Waals surface area contributed by atoms with Crippen molar-refractivity contribution in [3.8, 4) is 0 Å². The second kappa shape index (κ2) is 4.91. The van der Waals surface area contributed by atoms with Gasteiger partial charge in [-0.1, -0.05) is 19.4 Å². The van der Waals surface area contributed by atoms with Gasteiger partial charge in [0.2, 0.25) is 0 Å². The Hall–Kier alpha value is -0.870. The summed E-state index contributed by atoms with van der Waals surface area (Å²) in [6.45, 7) is 2.09. The molecule has 3 rings (SSSR count). The summed E-state index contributed by atoms with van der Waals surface area (Å²) in [5, 5.41) is 0. The summed E-state index contributed by atoms with van der Waals surface area (Å²) in [6, 6.07) is 0. The minimum atomic E-state index is -0.374. The lowest BCUT2D eigenvalue weighted by Crippen LogP contribution is -2.34. The monoisotopic (exact) mass is 266 g/mol. The summed E-state index contributed by atoms with van der Waals surface area (Å²) in [5.74, 6) is -0.408. The van der Waals surface area contributed by atoms with Crippen molar-refractivity contribution in [2.75, 3.05) is 7.11 Å². The van der Waals surface area contributed by atoms with Crippen molar-refractivity contribution in [3.63, 3.8) is 0 Å². The third kappa shape index (κ3) is 2.32. The summed E-state index contributed by atoms with van der Waals surface area (Å²) in [7, 11) is 1.43. The Labute approximate surface area is 114 Å². The molecule has 3 aliphatic rings. The van der Waals surface area contributed by atoms with Gasteiger partial charge in [-0.25, -0.2) is 4.79 Å². The van der Waals surface area contributed by atoms with Crippen LogP contribution in [0.1, 0.15) is 45.4 Å². The molecule has 0 radical (unpaired) electrons. The molecule has 2 unspecified atom stereocenters. The van der Waals surface area contributed by atoms with Crippen molar-refractivity contribution in [2.45, 2.75) is 63.4 Å². The molecule has 0 aromatic carbocycles. The summed E-state index contributed by atoms with van der Waals surface area (Å²) in [5.41, 5.74) is 0.729. The van der Waals surface area contributed by atoms with Crippen molar-refractivity contribution < 1.29 is 19.0 Å². The van der Waals surface area contributed by atoms with Crippen LogP contribution in [0.2, 0.25) is 0 Å². The number of ether oxygens (including phenoxy) is 3. The maximum Gasteiger partial charge on any atom is 0.333 e. The molecule has 3 atom stereocenters. The summed E-state index contributed by atoms with van der Waals surface area (Å²) >= 11 is 0. The lowest BCUT2D eigenvalue weighted by Gasteiger charge is -2.32. The fraction of sp³-hybridized carbons (Fsp3) is 0.800. The maximum absolute atomic E-state index is 11.7. The maximum atomic E-state index is 11.7. The van der Waals surface area contributed by atoms with Crippen LogP contribution in [0.15, 0.2) is 11.6 Å². The van der Waals surface area contributed by atoms with Crippen LogP contribution in [0.4, 0.5) is 0 Å². The van der Waals surface area contributed by atoms with E-state index in [0.29, 0.717) is 6.42 Å². The minimum absolute atomic E-state index is 0.00667. The fourth-order valence-electron chi connectivity index (χ4n) is 3.60. The molecule has 1 aliphatic heterocycles. The summed E-state index contributed by atoms with van der Waals surface area (Å²) in [6.07, 6.45) is 8.28. The van der Waals surface area contributed by atoms with Crippen molar-refractivity contribution in [3.05, 3.63) is 11.6 Å². The van der Waals surface area contributed by atoms with E-state index in [2.05, 4.69) is 6.92 Å². The molecule has 0 aromatic rings. The van der Waals surface area contributed by atoms with Crippen LogP contribution < -0.4 is 0 Å². The lowest BCUT2D eigenvalue weighted by atomic mass is 9.87. The van der Waals surface area contributed by atoms with Gasteiger partial charge in [-0.2, -0.15) is 0 Å². The SMILES string of the molecule is COC(=O)C1=C[C@H](C)C2OC3(CCCCC3)OC2C1. The Morgan fingerprint density at radius 1 is 1.32 bits per heavy atom. The molecule has 1 heterocycles. The van der Waals surface area contributed by atoms with E-state index in [1.807, 2.05) is 6.08 Å². The van der Waals surface area contributed by atoms with Gasteiger partial charge in [0, 0.05) is 30.8 Å². The zero-order chi connectivity index (χ0) is 13.5. The van der Waals surface area contributed by atoms with Gasteiger partial charge < -0.3 is 14.2 Å². The molecule has 0 aromatic heterocycles. The minimum Gasteiger partial charge on any atom is -0.466 e. The quantitative estimate of drug-likeness (QED) is 0.684. The number of carbonyl (C=O) groups is 1. The molecule has 0 bridgehead atoms. The average Bonchev–Trinajstić information content (AvgIpc) is 2.77. The van der Waals surface area contributed by atoms with Crippen LogP contribution in [0.3, 0.4) is 0 Å². The number of carbonyl (C=O) groups excluding carboxylic acids is 1. The Balaban J connectivity index is 1.75. The Morgan fingerprint density at radius 3 is 2.74 bits per heavy atom. The fourth-order valence-corrected chi connectivity index (χ4v) is 3.60. The Morgan fingerprint density at radius 2 is 2.05 bits per heavy atom. The number of methoxy groups -OCH3 is 1. The molecular weight excluding hydrogens is 244 g/mol. The van der Waals surface area contributed by atoms with Crippen LogP contribution in [0.25, 0.3) is 0 Å². The van der Waals surface area contributed by atoms with Gasteiger partial charge in [0.25, 0.3) is 0 Å².